The smallest absolute Gasteiger partial charge is 0.249 e. The minimum Gasteiger partial charge on any atom is -0.391 e. The number of aliphatic hydroxyl groups excluding tert-OH is 1. The summed E-state index contributed by atoms with van der Waals surface area (Å²) in [5.74, 6) is -5.20. The molecule has 3 rings (SSSR count). The maximum absolute atomic E-state index is 14.3. The molecule has 1 unspecified atom stereocenters. The second kappa shape index (κ2) is 15.7. The molecule has 0 heterocycles. The molecule has 0 aliphatic heterocycles. The van der Waals surface area contributed by atoms with Crippen LogP contribution in [-0.2, 0) is 27.3 Å². The highest BCUT2D eigenvalue weighted by atomic mass is 19.1. The second-order valence-electron chi connectivity index (χ2n) is 11.6. The van der Waals surface area contributed by atoms with Gasteiger partial charge in [0.1, 0.15) is 11.6 Å². The van der Waals surface area contributed by atoms with Crippen molar-refractivity contribution in [2.24, 2.45) is 22.8 Å². The third-order valence-electron chi connectivity index (χ3n) is 8.04. The molecule has 0 bridgehead atoms. The highest BCUT2D eigenvalue weighted by Gasteiger charge is 2.49. The predicted octanol–water partition coefficient (Wildman–Crippen LogP) is 3.34. The monoisotopic (exact) mass is 624 g/mol. The van der Waals surface area contributed by atoms with Gasteiger partial charge in [-0.25, -0.2) is 8.78 Å². The molecule has 6 N–H and O–H groups in total. The average Bonchev–Trinajstić information content (AvgIpc) is 2.98. The van der Waals surface area contributed by atoms with Crippen molar-refractivity contribution >= 4 is 23.5 Å². The Kier molecular flexibility index (Phi) is 12.3. The largest absolute Gasteiger partial charge is 0.391 e. The minimum absolute atomic E-state index is 0.105. The summed E-state index contributed by atoms with van der Waals surface area (Å²) in [5, 5.41) is 14.8. The Morgan fingerprint density at radius 2 is 1.64 bits per heavy atom. The van der Waals surface area contributed by atoms with Gasteiger partial charge in [0.2, 0.25) is 17.7 Å². The lowest BCUT2D eigenvalue weighted by molar-refractivity contribution is -0.132. The predicted molar refractivity (Wildman–Crippen MR) is 166 cm³/mol. The number of hydrogen-bond acceptors (Lipinski definition) is 6. The molecule has 3 amide bonds. The number of ketones is 1. The zero-order valence-corrected chi connectivity index (χ0v) is 25.9. The lowest BCUT2D eigenvalue weighted by Gasteiger charge is -2.42. The Morgan fingerprint density at radius 3 is 2.20 bits per heavy atom. The van der Waals surface area contributed by atoms with Crippen molar-refractivity contribution in [3.63, 3.8) is 0 Å². The van der Waals surface area contributed by atoms with Crippen LogP contribution < -0.4 is 16.8 Å². The third-order valence-corrected chi connectivity index (χ3v) is 8.04. The van der Waals surface area contributed by atoms with Crippen LogP contribution in [0.2, 0.25) is 0 Å². The summed E-state index contributed by atoms with van der Waals surface area (Å²) < 4.78 is 28.5. The van der Waals surface area contributed by atoms with E-state index >= 15 is 0 Å². The van der Waals surface area contributed by atoms with E-state index in [-0.39, 0.29) is 48.4 Å². The van der Waals surface area contributed by atoms with Gasteiger partial charge in [0.05, 0.1) is 11.5 Å². The van der Waals surface area contributed by atoms with Gasteiger partial charge in [0, 0.05) is 54.9 Å². The topological polar surface area (TPSA) is 156 Å². The molecule has 2 aromatic rings. The number of Topliss-reactive ketones (excluding diaryl/α,β-unsaturated/α-hetero) is 1. The van der Waals surface area contributed by atoms with Crippen LogP contribution in [0.3, 0.4) is 0 Å². The van der Waals surface area contributed by atoms with Crippen LogP contribution in [0.15, 0.2) is 65.8 Å². The van der Waals surface area contributed by atoms with Crippen LogP contribution in [0.4, 0.5) is 8.78 Å². The first-order chi connectivity index (χ1) is 21.3. The van der Waals surface area contributed by atoms with Crippen molar-refractivity contribution in [1.29, 1.82) is 0 Å². The second-order valence-corrected chi connectivity index (χ2v) is 11.6. The lowest BCUT2D eigenvalue weighted by atomic mass is 9.63. The van der Waals surface area contributed by atoms with E-state index in [9.17, 15) is 33.1 Å². The van der Waals surface area contributed by atoms with Crippen LogP contribution in [-0.4, -0.2) is 59.2 Å². The number of carbonyl (C=O) groups excluding carboxylic acids is 4. The average molecular weight is 625 g/mol. The van der Waals surface area contributed by atoms with Crippen LogP contribution in [0.5, 0.6) is 0 Å². The normalized spacial score (nSPS) is 17.6. The molecule has 1 aliphatic rings. The Morgan fingerprint density at radius 1 is 1.00 bits per heavy atom. The van der Waals surface area contributed by atoms with Gasteiger partial charge in [-0.3, -0.25) is 19.2 Å². The maximum Gasteiger partial charge on any atom is 0.249 e. The van der Waals surface area contributed by atoms with Crippen molar-refractivity contribution in [1.82, 2.24) is 10.2 Å². The van der Waals surface area contributed by atoms with Crippen LogP contribution >= 0.6 is 0 Å². The summed E-state index contributed by atoms with van der Waals surface area (Å²) in [6.45, 7) is 6.31. The lowest BCUT2D eigenvalue weighted by Crippen LogP contribution is -2.52. The van der Waals surface area contributed by atoms with Crippen LogP contribution in [0.25, 0.3) is 0 Å². The number of primary amides is 2. The number of nitrogens with two attached hydrogens (primary N) is 2. The highest BCUT2D eigenvalue weighted by molar-refractivity contribution is 6.03. The Labute approximate surface area is 262 Å². The van der Waals surface area contributed by atoms with Gasteiger partial charge in [-0.1, -0.05) is 38.1 Å². The van der Waals surface area contributed by atoms with Crippen LogP contribution in [0.1, 0.15) is 61.5 Å². The molecule has 9 nitrogen and oxygen atoms in total. The summed E-state index contributed by atoms with van der Waals surface area (Å²) in [6, 6.07) is 9.81. The highest BCUT2D eigenvalue weighted by Crippen LogP contribution is 2.44. The number of benzene rings is 2. The summed E-state index contributed by atoms with van der Waals surface area (Å²) in [4.78, 5) is 53.1. The fourth-order valence-electron chi connectivity index (χ4n) is 5.89. The number of halogens is 2. The zero-order chi connectivity index (χ0) is 33.3. The molecule has 0 saturated carbocycles. The number of hydrogen-bond donors (Lipinski definition) is 4. The summed E-state index contributed by atoms with van der Waals surface area (Å²) in [6.07, 6.45) is 2.12. The van der Waals surface area contributed by atoms with E-state index in [1.54, 1.807) is 29.2 Å². The summed E-state index contributed by atoms with van der Waals surface area (Å²) in [7, 11) is 0. The van der Waals surface area contributed by atoms with Gasteiger partial charge in [-0.2, -0.15) is 0 Å². The fourth-order valence-corrected chi connectivity index (χ4v) is 5.89. The van der Waals surface area contributed by atoms with Crippen molar-refractivity contribution < 1.29 is 33.1 Å². The molecule has 11 heteroatoms. The molecule has 242 valence electrons. The standard InChI is InChI=1S/C34H42F2N4O5/c1-4-9-40(10-5-2)32(44)26-15-25(31(37)43)17-34(18-26,33(38)45)29(14-23-12-27(35)16-28(36)13-23)30(42)20-39-19-22-7-6-8-24(11-22)21(3)41/h6-8,11-13,15-17,29-30,39,42H,4-5,9-10,14,18-20H2,1-3H3,(H2,37,43)(H2,38,45)/t29-,30+,34?/m1/s1. The molecule has 0 spiro atoms. The van der Waals surface area contributed by atoms with Crippen molar-refractivity contribution in [3.05, 3.63) is 94.1 Å². The van der Waals surface area contributed by atoms with Gasteiger partial charge in [0.15, 0.2) is 5.78 Å². The number of amides is 3. The molecular formula is C34H42F2N4O5. The molecule has 0 fully saturated rings. The Hall–Kier alpha value is -4.22. The molecule has 2 aromatic carbocycles. The number of nitrogens with zero attached hydrogens (tertiary/aromatic N) is 1. The first-order valence-electron chi connectivity index (χ1n) is 15.1. The molecule has 0 radical (unpaired) electrons. The quantitative estimate of drug-likeness (QED) is 0.210. The minimum atomic E-state index is -1.83. The van der Waals surface area contributed by atoms with E-state index in [1.165, 1.54) is 19.1 Å². The number of nitrogens with one attached hydrogen (secondary N) is 1. The SMILES string of the molecule is CCCN(CCC)C(=O)C1=CC(C(N)=O)=CC(C(N)=O)([C@H](Cc2cc(F)cc(F)c2)[C@@H](O)CNCc2cccc(C(C)=O)c2)C1. The molecular weight excluding hydrogens is 582 g/mol. The molecule has 1 aliphatic carbocycles. The van der Waals surface area contributed by atoms with Gasteiger partial charge in [-0.05, 0) is 68.0 Å². The van der Waals surface area contributed by atoms with Gasteiger partial charge in [0.25, 0.3) is 0 Å². The molecule has 45 heavy (non-hydrogen) atoms. The first kappa shape index (κ1) is 35.3. The Bertz CT molecular complexity index is 1460. The van der Waals surface area contributed by atoms with Crippen LogP contribution in [0, 0.1) is 23.0 Å². The van der Waals surface area contributed by atoms with E-state index in [2.05, 4.69) is 5.32 Å². The van der Waals surface area contributed by atoms with E-state index in [0.29, 0.717) is 37.6 Å². The Balaban J connectivity index is 2.06. The summed E-state index contributed by atoms with van der Waals surface area (Å²) >= 11 is 0. The zero-order valence-electron chi connectivity index (χ0n) is 25.9. The van der Waals surface area contributed by atoms with Gasteiger partial charge < -0.3 is 26.8 Å². The van der Waals surface area contributed by atoms with Gasteiger partial charge in [-0.15, -0.1) is 0 Å². The molecule has 0 saturated heterocycles. The van der Waals surface area contributed by atoms with E-state index in [1.807, 2.05) is 13.8 Å². The van der Waals surface area contributed by atoms with Crippen molar-refractivity contribution in [3.8, 4) is 0 Å². The van der Waals surface area contributed by atoms with E-state index in [0.717, 1.165) is 17.7 Å². The third kappa shape index (κ3) is 8.92. The van der Waals surface area contributed by atoms with E-state index in [4.69, 9.17) is 11.5 Å². The van der Waals surface area contributed by atoms with E-state index < -0.39 is 46.8 Å². The van der Waals surface area contributed by atoms with Crippen molar-refractivity contribution in [2.75, 3.05) is 19.6 Å². The fraction of sp³-hybridized carbons (Fsp3) is 0.412. The number of carbonyl (C=O) groups is 4. The van der Waals surface area contributed by atoms with Crippen molar-refractivity contribution in [2.45, 2.75) is 59.1 Å². The molecule has 3 atom stereocenters. The first-order valence-corrected chi connectivity index (χ1v) is 15.1. The molecule has 0 aromatic heterocycles. The summed E-state index contributed by atoms with van der Waals surface area (Å²) in [5.41, 5.74) is 11.3. The van der Waals surface area contributed by atoms with Gasteiger partial charge >= 0.3 is 0 Å². The number of aliphatic hydroxyl groups is 1. The maximum atomic E-state index is 14.3. The number of rotatable bonds is 16.